The molecular weight excluding hydrogens is 220 g/mol. The minimum Gasteiger partial charge on any atom is -0.504 e. The van der Waals surface area contributed by atoms with Gasteiger partial charge in [0.2, 0.25) is 0 Å². The lowest BCUT2D eigenvalue weighted by Crippen LogP contribution is -1.96. The van der Waals surface area contributed by atoms with E-state index in [1.807, 2.05) is 0 Å². The van der Waals surface area contributed by atoms with Crippen molar-refractivity contribution >= 4 is 21.1 Å². The lowest BCUT2D eigenvalue weighted by atomic mass is 10.2. The van der Waals surface area contributed by atoms with Gasteiger partial charge in [-0.1, -0.05) is 0 Å². The van der Waals surface area contributed by atoms with Crippen LogP contribution in [0.15, 0.2) is 27.5 Å². The first kappa shape index (κ1) is 10.0. The van der Waals surface area contributed by atoms with E-state index >= 15 is 0 Å². The van der Waals surface area contributed by atoms with Crippen molar-refractivity contribution in [3.63, 3.8) is 0 Å². The summed E-state index contributed by atoms with van der Waals surface area (Å²) in [5.41, 5.74) is 0.373. The molecule has 0 amide bonds. The molecule has 0 spiro atoms. The highest BCUT2D eigenvalue weighted by Gasteiger charge is 2.15. The topological polar surface area (TPSA) is 87.7 Å². The highest BCUT2D eigenvalue weighted by molar-refractivity contribution is 7.85. The minimum atomic E-state index is -4.25. The predicted octanol–water partition coefficient (Wildman–Crippen LogP) is 1.69. The fourth-order valence-corrected chi connectivity index (χ4v) is 1.85. The molecule has 15 heavy (non-hydrogen) atoms. The zero-order chi connectivity index (χ0) is 11.2. The molecule has 0 unspecified atom stereocenters. The summed E-state index contributed by atoms with van der Waals surface area (Å²) in [4.78, 5) is -0.272. The van der Waals surface area contributed by atoms with Gasteiger partial charge in [-0.3, -0.25) is 4.55 Å². The standard InChI is InChI=1S/C9H8O5S/c1-5-9(10)7-4-6(15(11,12)13)2-3-8(7)14-5/h2-4,10H,1H3,(H,11,12,13). The van der Waals surface area contributed by atoms with Gasteiger partial charge < -0.3 is 9.52 Å². The smallest absolute Gasteiger partial charge is 0.294 e. The Bertz CT molecular complexity index is 623. The quantitative estimate of drug-likeness (QED) is 0.725. The van der Waals surface area contributed by atoms with Gasteiger partial charge in [0.1, 0.15) is 11.3 Å². The van der Waals surface area contributed by atoms with Crippen LogP contribution in [0.3, 0.4) is 0 Å². The Morgan fingerprint density at radius 1 is 1.33 bits per heavy atom. The summed E-state index contributed by atoms with van der Waals surface area (Å²) in [5, 5.41) is 9.78. The summed E-state index contributed by atoms with van der Waals surface area (Å²) in [7, 11) is -4.25. The van der Waals surface area contributed by atoms with Crippen LogP contribution in [-0.4, -0.2) is 18.1 Å². The SMILES string of the molecule is Cc1oc2ccc(S(=O)(=O)O)cc2c1O. The summed E-state index contributed by atoms with van der Waals surface area (Å²) in [6, 6.07) is 3.75. The van der Waals surface area contributed by atoms with Gasteiger partial charge in [0.15, 0.2) is 5.75 Å². The molecule has 1 aromatic carbocycles. The van der Waals surface area contributed by atoms with Gasteiger partial charge in [-0.05, 0) is 25.1 Å². The van der Waals surface area contributed by atoms with Gasteiger partial charge >= 0.3 is 0 Å². The van der Waals surface area contributed by atoms with E-state index < -0.39 is 10.1 Å². The number of furan rings is 1. The van der Waals surface area contributed by atoms with Crippen LogP contribution >= 0.6 is 0 Å². The molecule has 5 nitrogen and oxygen atoms in total. The molecule has 0 aliphatic rings. The van der Waals surface area contributed by atoms with Crippen molar-refractivity contribution in [1.82, 2.24) is 0 Å². The van der Waals surface area contributed by atoms with Crippen LogP contribution in [0.4, 0.5) is 0 Å². The van der Waals surface area contributed by atoms with Crippen molar-refractivity contribution in [2.45, 2.75) is 11.8 Å². The van der Waals surface area contributed by atoms with Gasteiger partial charge in [0.25, 0.3) is 10.1 Å². The van der Waals surface area contributed by atoms with Gasteiger partial charge in [-0.25, -0.2) is 0 Å². The van der Waals surface area contributed by atoms with Gasteiger partial charge in [-0.15, -0.1) is 0 Å². The van der Waals surface area contributed by atoms with Crippen molar-refractivity contribution in [1.29, 1.82) is 0 Å². The number of hydrogen-bond acceptors (Lipinski definition) is 4. The molecular formula is C9H8O5S. The number of fused-ring (bicyclic) bond motifs is 1. The first-order valence-corrected chi connectivity index (χ1v) is 5.53. The molecule has 2 N–H and O–H groups in total. The lowest BCUT2D eigenvalue weighted by molar-refractivity contribution is 0.451. The third-order valence-corrected chi connectivity index (χ3v) is 2.95. The van der Waals surface area contributed by atoms with Crippen molar-refractivity contribution in [2.75, 3.05) is 0 Å². The van der Waals surface area contributed by atoms with E-state index in [1.54, 1.807) is 6.92 Å². The first-order chi connectivity index (χ1) is 6.89. The maximum absolute atomic E-state index is 10.8. The number of aryl methyl sites for hydroxylation is 1. The molecule has 0 bridgehead atoms. The summed E-state index contributed by atoms with van der Waals surface area (Å²) < 4.78 is 35.6. The van der Waals surface area contributed by atoms with Crippen molar-refractivity contribution in [3.05, 3.63) is 24.0 Å². The Kier molecular flexibility index (Phi) is 1.99. The third kappa shape index (κ3) is 1.57. The van der Waals surface area contributed by atoms with Gasteiger partial charge in [-0.2, -0.15) is 8.42 Å². The number of benzene rings is 1. The number of aromatic hydroxyl groups is 1. The third-order valence-electron chi connectivity index (χ3n) is 2.10. The van der Waals surface area contributed by atoms with E-state index in [0.717, 1.165) is 6.07 Å². The average molecular weight is 228 g/mol. The maximum Gasteiger partial charge on any atom is 0.294 e. The summed E-state index contributed by atoms with van der Waals surface area (Å²) in [6.07, 6.45) is 0. The van der Waals surface area contributed by atoms with E-state index in [2.05, 4.69) is 0 Å². The molecule has 6 heteroatoms. The Labute approximate surface area is 85.7 Å². The van der Waals surface area contributed by atoms with E-state index in [-0.39, 0.29) is 16.0 Å². The molecule has 1 aromatic heterocycles. The Morgan fingerprint density at radius 3 is 2.60 bits per heavy atom. The van der Waals surface area contributed by atoms with Crippen molar-refractivity contribution < 1.29 is 22.5 Å². The largest absolute Gasteiger partial charge is 0.504 e. The zero-order valence-electron chi connectivity index (χ0n) is 7.76. The summed E-state index contributed by atoms with van der Waals surface area (Å²) in [6.45, 7) is 1.56. The molecule has 0 fully saturated rings. The van der Waals surface area contributed by atoms with Crippen LogP contribution in [0.2, 0.25) is 0 Å². The average Bonchev–Trinajstić information content (AvgIpc) is 2.41. The minimum absolute atomic E-state index is 0.115. The van der Waals surface area contributed by atoms with Crippen LogP contribution in [0.5, 0.6) is 5.75 Å². The Morgan fingerprint density at radius 2 is 2.00 bits per heavy atom. The van der Waals surface area contributed by atoms with Gasteiger partial charge in [0.05, 0.1) is 10.3 Å². The normalized spacial score (nSPS) is 12.1. The second-order valence-corrected chi connectivity index (χ2v) is 4.56. The zero-order valence-corrected chi connectivity index (χ0v) is 8.58. The van der Waals surface area contributed by atoms with Crippen LogP contribution in [0, 0.1) is 6.92 Å². The number of hydrogen-bond donors (Lipinski definition) is 2. The van der Waals surface area contributed by atoms with Crippen LogP contribution in [-0.2, 0) is 10.1 Å². The van der Waals surface area contributed by atoms with Crippen molar-refractivity contribution in [3.8, 4) is 5.75 Å². The van der Waals surface area contributed by atoms with E-state index in [4.69, 9.17) is 8.97 Å². The first-order valence-electron chi connectivity index (χ1n) is 4.09. The molecule has 2 aromatic rings. The van der Waals surface area contributed by atoms with E-state index in [1.165, 1.54) is 12.1 Å². The maximum atomic E-state index is 10.8. The Hall–Kier alpha value is -1.53. The second-order valence-electron chi connectivity index (χ2n) is 3.14. The molecule has 1 heterocycles. The molecule has 0 aliphatic heterocycles. The highest BCUT2D eigenvalue weighted by atomic mass is 32.2. The second kappa shape index (κ2) is 2.98. The molecule has 2 rings (SSSR count). The molecule has 80 valence electrons. The fraction of sp³-hybridized carbons (Fsp3) is 0.111. The van der Waals surface area contributed by atoms with E-state index in [0.29, 0.717) is 11.3 Å². The molecule has 0 atom stereocenters. The van der Waals surface area contributed by atoms with Gasteiger partial charge in [0, 0.05) is 0 Å². The highest BCUT2D eigenvalue weighted by Crippen LogP contribution is 2.32. The Balaban J connectivity index is 2.81. The molecule has 0 aliphatic carbocycles. The van der Waals surface area contributed by atoms with Crippen LogP contribution < -0.4 is 0 Å². The lowest BCUT2D eigenvalue weighted by Gasteiger charge is -1.95. The predicted molar refractivity (Wildman–Crippen MR) is 52.4 cm³/mol. The molecule has 0 saturated heterocycles. The van der Waals surface area contributed by atoms with E-state index in [9.17, 15) is 13.5 Å². The molecule has 0 radical (unpaired) electrons. The van der Waals surface area contributed by atoms with Crippen LogP contribution in [0.1, 0.15) is 5.76 Å². The van der Waals surface area contributed by atoms with Crippen LogP contribution in [0.25, 0.3) is 11.0 Å². The molecule has 0 saturated carbocycles. The number of rotatable bonds is 1. The monoisotopic (exact) mass is 228 g/mol. The van der Waals surface area contributed by atoms with Crippen molar-refractivity contribution in [2.24, 2.45) is 0 Å². The summed E-state index contributed by atoms with van der Waals surface area (Å²) in [5.74, 6) is 0.188. The summed E-state index contributed by atoms with van der Waals surface area (Å²) >= 11 is 0. The fourth-order valence-electron chi connectivity index (χ4n) is 1.35.